The first kappa shape index (κ1) is 11.0. The Morgan fingerprint density at radius 1 is 1.38 bits per heavy atom. The fraction of sp³-hybridized carbons (Fsp3) is 0.125. The first-order valence-electron chi connectivity index (χ1n) is 3.39. The molecule has 0 radical (unpaired) electrons. The van der Waals surface area contributed by atoms with Crippen LogP contribution in [0.15, 0.2) is 12.1 Å². The summed E-state index contributed by atoms with van der Waals surface area (Å²) < 4.78 is 6.92. The van der Waals surface area contributed by atoms with Crippen molar-refractivity contribution < 1.29 is 9.53 Å². The molecule has 13 heavy (non-hydrogen) atoms. The summed E-state index contributed by atoms with van der Waals surface area (Å²) >= 11 is 4.21. The predicted octanol–water partition coefficient (Wildman–Crippen LogP) is 2.00. The van der Waals surface area contributed by atoms with Crippen LogP contribution in [0.25, 0.3) is 0 Å². The molecule has 0 aliphatic carbocycles. The van der Waals surface area contributed by atoms with E-state index in [4.69, 9.17) is 10.5 Å². The van der Waals surface area contributed by atoms with Crippen LogP contribution in [0.4, 0.5) is 0 Å². The number of nitrogens with two attached hydrogens (primary N) is 1. The smallest absolute Gasteiger partial charge is 0.248 e. The Balaban J connectivity index is 3.28. The molecule has 1 aromatic rings. The monoisotopic (exact) mass is 403 g/mol. The molecule has 70 valence electrons. The van der Waals surface area contributed by atoms with Crippen LogP contribution in [-0.4, -0.2) is 13.0 Å². The third-order valence-corrected chi connectivity index (χ3v) is 3.09. The third kappa shape index (κ3) is 2.46. The summed E-state index contributed by atoms with van der Waals surface area (Å²) in [5.74, 6) is 0.365. The number of hydrogen-bond donors (Lipinski definition) is 1. The Morgan fingerprint density at radius 3 is 2.15 bits per heavy atom. The summed E-state index contributed by atoms with van der Waals surface area (Å²) in [6, 6.07) is 3.42. The van der Waals surface area contributed by atoms with Crippen LogP contribution in [0.3, 0.4) is 0 Å². The molecular formula is C8H7I2NO2. The molecule has 1 aromatic carbocycles. The van der Waals surface area contributed by atoms with E-state index in [1.54, 1.807) is 19.2 Å². The molecule has 0 aliphatic heterocycles. The van der Waals surface area contributed by atoms with Crippen molar-refractivity contribution in [2.75, 3.05) is 7.11 Å². The second-order valence-corrected chi connectivity index (χ2v) is 4.66. The number of benzene rings is 1. The Morgan fingerprint density at radius 2 is 1.85 bits per heavy atom. The quantitative estimate of drug-likeness (QED) is 0.769. The van der Waals surface area contributed by atoms with E-state index in [0.717, 1.165) is 12.9 Å². The number of amides is 1. The van der Waals surface area contributed by atoms with Crippen molar-refractivity contribution in [2.24, 2.45) is 5.73 Å². The Bertz CT molecular complexity index is 329. The van der Waals surface area contributed by atoms with Crippen molar-refractivity contribution >= 4 is 51.1 Å². The minimum absolute atomic E-state index is 0.418. The van der Waals surface area contributed by atoms with Crippen LogP contribution in [0.5, 0.6) is 5.75 Å². The number of primary amides is 1. The fourth-order valence-corrected chi connectivity index (χ4v) is 3.11. The van der Waals surface area contributed by atoms with Gasteiger partial charge >= 0.3 is 0 Å². The first-order chi connectivity index (χ1) is 6.06. The van der Waals surface area contributed by atoms with Gasteiger partial charge in [-0.1, -0.05) is 0 Å². The molecule has 2 N–H and O–H groups in total. The van der Waals surface area contributed by atoms with Crippen molar-refractivity contribution in [1.29, 1.82) is 0 Å². The number of rotatable bonds is 2. The number of carbonyl (C=O) groups excluding carboxylic acids is 1. The van der Waals surface area contributed by atoms with E-state index in [0.29, 0.717) is 5.56 Å². The number of halogens is 2. The molecule has 1 amide bonds. The SMILES string of the molecule is COc1c(I)cc(C(N)=O)cc1I. The topological polar surface area (TPSA) is 52.3 Å². The van der Waals surface area contributed by atoms with Gasteiger partial charge in [-0.3, -0.25) is 4.79 Å². The van der Waals surface area contributed by atoms with Crippen LogP contribution in [-0.2, 0) is 0 Å². The molecule has 0 unspecified atom stereocenters. The molecule has 5 heteroatoms. The zero-order chi connectivity index (χ0) is 10.0. The van der Waals surface area contributed by atoms with Gasteiger partial charge in [0.1, 0.15) is 5.75 Å². The Hall–Kier alpha value is -0.0500. The molecule has 0 saturated carbocycles. The van der Waals surface area contributed by atoms with E-state index in [1.165, 1.54) is 0 Å². The van der Waals surface area contributed by atoms with Gasteiger partial charge in [0.2, 0.25) is 5.91 Å². The van der Waals surface area contributed by atoms with E-state index < -0.39 is 5.91 Å². The normalized spacial score (nSPS) is 9.77. The maximum absolute atomic E-state index is 10.9. The third-order valence-electron chi connectivity index (χ3n) is 1.49. The minimum Gasteiger partial charge on any atom is -0.495 e. The van der Waals surface area contributed by atoms with Gasteiger partial charge in [-0.05, 0) is 57.3 Å². The summed E-state index contributed by atoms with van der Waals surface area (Å²) in [6.07, 6.45) is 0. The van der Waals surface area contributed by atoms with Gasteiger partial charge in [-0.15, -0.1) is 0 Å². The van der Waals surface area contributed by atoms with Crippen molar-refractivity contribution in [2.45, 2.75) is 0 Å². The summed E-state index contributed by atoms with van der Waals surface area (Å²) in [5, 5.41) is 0. The first-order valence-corrected chi connectivity index (χ1v) is 5.55. The van der Waals surface area contributed by atoms with Crippen molar-refractivity contribution in [3.63, 3.8) is 0 Å². The lowest BCUT2D eigenvalue weighted by molar-refractivity contribution is 0.1000. The highest BCUT2D eigenvalue weighted by Gasteiger charge is 2.09. The van der Waals surface area contributed by atoms with E-state index in [1.807, 2.05) is 0 Å². The maximum atomic E-state index is 10.9. The minimum atomic E-state index is -0.418. The molecule has 0 heterocycles. The van der Waals surface area contributed by atoms with Crippen molar-refractivity contribution in [1.82, 2.24) is 0 Å². The summed E-state index contributed by atoms with van der Waals surface area (Å²) in [4.78, 5) is 10.9. The number of ether oxygens (including phenoxy) is 1. The van der Waals surface area contributed by atoms with Crippen LogP contribution in [0.1, 0.15) is 10.4 Å². The lowest BCUT2D eigenvalue weighted by Crippen LogP contribution is -2.11. The van der Waals surface area contributed by atoms with Gasteiger partial charge in [-0.25, -0.2) is 0 Å². The second-order valence-electron chi connectivity index (χ2n) is 2.34. The van der Waals surface area contributed by atoms with Gasteiger partial charge in [0.05, 0.1) is 14.3 Å². The molecule has 0 bridgehead atoms. The van der Waals surface area contributed by atoms with E-state index in [-0.39, 0.29) is 0 Å². The zero-order valence-electron chi connectivity index (χ0n) is 6.80. The molecule has 0 saturated heterocycles. The summed E-state index contributed by atoms with van der Waals surface area (Å²) in [7, 11) is 1.60. The van der Waals surface area contributed by atoms with Crippen molar-refractivity contribution in [3.05, 3.63) is 24.8 Å². The van der Waals surface area contributed by atoms with E-state index >= 15 is 0 Å². The highest BCUT2D eigenvalue weighted by atomic mass is 127. The molecule has 0 spiro atoms. The summed E-state index contributed by atoms with van der Waals surface area (Å²) in [5.41, 5.74) is 5.67. The maximum Gasteiger partial charge on any atom is 0.248 e. The highest BCUT2D eigenvalue weighted by molar-refractivity contribution is 14.1. The van der Waals surface area contributed by atoms with Gasteiger partial charge < -0.3 is 10.5 Å². The lowest BCUT2D eigenvalue weighted by Gasteiger charge is -2.07. The molecule has 0 fully saturated rings. The molecule has 1 rings (SSSR count). The van der Waals surface area contributed by atoms with Crippen LogP contribution in [0.2, 0.25) is 0 Å². The van der Waals surface area contributed by atoms with Crippen molar-refractivity contribution in [3.8, 4) is 5.75 Å². The largest absolute Gasteiger partial charge is 0.495 e. The standard InChI is InChI=1S/C8H7I2NO2/c1-13-7-5(9)2-4(8(11)12)3-6(7)10/h2-3H,1H3,(H2,11,12). The van der Waals surface area contributed by atoms with Gasteiger partial charge in [0.15, 0.2) is 0 Å². The zero-order valence-corrected chi connectivity index (χ0v) is 11.1. The number of methoxy groups -OCH3 is 1. The molecule has 3 nitrogen and oxygen atoms in total. The molecular weight excluding hydrogens is 396 g/mol. The summed E-state index contributed by atoms with van der Waals surface area (Å²) in [6.45, 7) is 0. The van der Waals surface area contributed by atoms with Gasteiger partial charge in [0.25, 0.3) is 0 Å². The number of hydrogen-bond acceptors (Lipinski definition) is 2. The molecule has 0 aromatic heterocycles. The Kier molecular flexibility index (Phi) is 3.77. The Labute approximate surface area is 103 Å². The highest BCUT2D eigenvalue weighted by Crippen LogP contribution is 2.28. The second kappa shape index (κ2) is 4.45. The van der Waals surface area contributed by atoms with Crippen LogP contribution >= 0.6 is 45.2 Å². The van der Waals surface area contributed by atoms with Crippen LogP contribution < -0.4 is 10.5 Å². The van der Waals surface area contributed by atoms with Crippen LogP contribution in [0, 0.1) is 7.14 Å². The fourth-order valence-electron chi connectivity index (χ4n) is 0.897. The van der Waals surface area contributed by atoms with E-state index in [9.17, 15) is 4.79 Å². The lowest BCUT2D eigenvalue weighted by atomic mass is 10.2. The van der Waals surface area contributed by atoms with Gasteiger partial charge in [0, 0.05) is 5.56 Å². The molecule has 0 aliphatic rings. The van der Waals surface area contributed by atoms with E-state index in [2.05, 4.69) is 45.2 Å². The number of carbonyl (C=O) groups is 1. The predicted molar refractivity (Wildman–Crippen MR) is 66.9 cm³/mol. The van der Waals surface area contributed by atoms with Gasteiger partial charge in [-0.2, -0.15) is 0 Å². The average Bonchev–Trinajstić information content (AvgIpc) is 2.03. The molecule has 0 atom stereocenters. The average molecular weight is 403 g/mol.